The van der Waals surface area contributed by atoms with E-state index in [1.54, 1.807) is 12.1 Å². The van der Waals surface area contributed by atoms with E-state index in [2.05, 4.69) is 11.9 Å². The van der Waals surface area contributed by atoms with Gasteiger partial charge >= 0.3 is 6.18 Å². The molecular formula is C19H18F3NO. The molecule has 0 N–H and O–H groups in total. The standard InChI is InChI=1S/C19H18F3NO/c1-3-6-16-12(2)9-17(23-16)13-10-18(24-11-13)14-7-4-5-8-15(14)19(20,21)22/h4-5,7-8,10-11H,3,6,9H2,1-2H3. The summed E-state index contributed by atoms with van der Waals surface area (Å²) in [6.45, 7) is 4.14. The molecule has 0 spiro atoms. The SMILES string of the molecule is CCCC1=C(C)CC(c2coc(-c3ccccc3C(F)(F)F)c2)=N1. The van der Waals surface area contributed by atoms with Gasteiger partial charge in [0.05, 0.1) is 11.3 Å². The fourth-order valence-corrected chi connectivity index (χ4v) is 2.90. The Kier molecular flexibility index (Phi) is 4.35. The number of nitrogens with zero attached hydrogens (tertiary/aromatic N) is 1. The molecule has 0 radical (unpaired) electrons. The lowest BCUT2D eigenvalue weighted by Gasteiger charge is -2.10. The molecule has 24 heavy (non-hydrogen) atoms. The molecule has 1 aliphatic rings. The van der Waals surface area contributed by atoms with Crippen LogP contribution in [0, 0.1) is 0 Å². The lowest BCUT2D eigenvalue weighted by Crippen LogP contribution is -2.06. The van der Waals surface area contributed by atoms with Gasteiger partial charge in [-0.2, -0.15) is 13.2 Å². The largest absolute Gasteiger partial charge is 0.464 e. The van der Waals surface area contributed by atoms with Crippen molar-refractivity contribution in [2.75, 3.05) is 0 Å². The lowest BCUT2D eigenvalue weighted by atomic mass is 10.0. The minimum atomic E-state index is -4.42. The van der Waals surface area contributed by atoms with Gasteiger partial charge in [-0.05, 0) is 31.1 Å². The van der Waals surface area contributed by atoms with Crippen molar-refractivity contribution in [3.8, 4) is 11.3 Å². The van der Waals surface area contributed by atoms with Crippen LogP contribution in [0.25, 0.3) is 11.3 Å². The second-order valence-electron chi connectivity index (χ2n) is 5.96. The third-order valence-corrected chi connectivity index (χ3v) is 4.11. The summed E-state index contributed by atoms with van der Waals surface area (Å²) in [7, 11) is 0. The van der Waals surface area contributed by atoms with E-state index in [1.165, 1.54) is 24.0 Å². The predicted octanol–water partition coefficient (Wildman–Crippen LogP) is 6.23. The van der Waals surface area contributed by atoms with Gasteiger partial charge in [0.15, 0.2) is 0 Å². The molecule has 2 heterocycles. The number of allylic oxidation sites excluding steroid dienone is 2. The normalized spacial score (nSPS) is 15.1. The monoisotopic (exact) mass is 333 g/mol. The summed E-state index contributed by atoms with van der Waals surface area (Å²) in [4.78, 5) is 4.62. The van der Waals surface area contributed by atoms with Crippen LogP contribution >= 0.6 is 0 Å². The Bertz CT molecular complexity index is 812. The van der Waals surface area contributed by atoms with Crippen molar-refractivity contribution in [3.05, 3.63) is 59.0 Å². The summed E-state index contributed by atoms with van der Waals surface area (Å²) in [5, 5.41) is 0. The predicted molar refractivity (Wildman–Crippen MR) is 87.9 cm³/mol. The number of furan rings is 1. The van der Waals surface area contributed by atoms with Crippen molar-refractivity contribution in [2.24, 2.45) is 4.99 Å². The summed E-state index contributed by atoms with van der Waals surface area (Å²) in [5.74, 6) is 0.210. The Morgan fingerprint density at radius 2 is 1.96 bits per heavy atom. The zero-order valence-corrected chi connectivity index (χ0v) is 13.6. The first-order chi connectivity index (χ1) is 11.4. The highest BCUT2D eigenvalue weighted by Gasteiger charge is 2.34. The smallest absolute Gasteiger partial charge is 0.417 e. The van der Waals surface area contributed by atoms with E-state index in [0.29, 0.717) is 0 Å². The second-order valence-corrected chi connectivity index (χ2v) is 5.96. The molecule has 0 unspecified atom stereocenters. The van der Waals surface area contributed by atoms with Crippen LogP contribution in [0.3, 0.4) is 0 Å². The average molecular weight is 333 g/mol. The van der Waals surface area contributed by atoms with E-state index < -0.39 is 11.7 Å². The first-order valence-corrected chi connectivity index (χ1v) is 7.92. The number of benzene rings is 1. The van der Waals surface area contributed by atoms with Gasteiger partial charge in [-0.1, -0.05) is 31.5 Å². The Hall–Kier alpha value is -2.30. The number of aliphatic imine (C=N–C) groups is 1. The fraction of sp³-hybridized carbons (Fsp3) is 0.316. The Morgan fingerprint density at radius 3 is 2.67 bits per heavy atom. The molecule has 126 valence electrons. The summed E-state index contributed by atoms with van der Waals surface area (Å²) in [5.41, 5.74) is 3.24. The maximum absolute atomic E-state index is 13.2. The van der Waals surface area contributed by atoms with Crippen LogP contribution in [0.15, 0.2) is 57.3 Å². The minimum Gasteiger partial charge on any atom is -0.464 e. The second kappa shape index (κ2) is 6.30. The maximum Gasteiger partial charge on any atom is 0.417 e. The van der Waals surface area contributed by atoms with Crippen LogP contribution in [0.4, 0.5) is 13.2 Å². The van der Waals surface area contributed by atoms with Crippen LogP contribution in [0.1, 0.15) is 44.2 Å². The molecule has 2 aromatic rings. The van der Waals surface area contributed by atoms with Crippen LogP contribution in [0.5, 0.6) is 0 Å². The maximum atomic E-state index is 13.2. The van der Waals surface area contributed by atoms with Crippen molar-refractivity contribution in [1.82, 2.24) is 0 Å². The Balaban J connectivity index is 1.93. The van der Waals surface area contributed by atoms with Gasteiger partial charge in [0.2, 0.25) is 0 Å². The third kappa shape index (κ3) is 3.16. The van der Waals surface area contributed by atoms with Crippen LogP contribution in [-0.2, 0) is 6.18 Å². The topological polar surface area (TPSA) is 25.5 Å². The zero-order valence-electron chi connectivity index (χ0n) is 13.6. The molecule has 1 aliphatic heterocycles. The summed E-state index contributed by atoms with van der Waals surface area (Å²) >= 11 is 0. The van der Waals surface area contributed by atoms with Gasteiger partial charge in [-0.15, -0.1) is 0 Å². The Labute approximate surface area is 138 Å². The molecule has 1 aromatic carbocycles. The molecule has 0 atom stereocenters. The average Bonchev–Trinajstić information content (AvgIpc) is 3.14. The number of halogens is 3. The van der Waals surface area contributed by atoms with Gasteiger partial charge in [0.25, 0.3) is 0 Å². The zero-order chi connectivity index (χ0) is 17.3. The van der Waals surface area contributed by atoms with Gasteiger partial charge in [-0.25, -0.2) is 0 Å². The van der Waals surface area contributed by atoms with E-state index in [9.17, 15) is 13.2 Å². The highest BCUT2D eigenvalue weighted by molar-refractivity contribution is 6.04. The highest BCUT2D eigenvalue weighted by Crippen LogP contribution is 2.38. The number of alkyl halides is 3. The quantitative estimate of drug-likeness (QED) is 0.651. The molecule has 0 saturated carbocycles. The van der Waals surface area contributed by atoms with Crippen molar-refractivity contribution in [1.29, 1.82) is 0 Å². The highest BCUT2D eigenvalue weighted by atomic mass is 19.4. The Morgan fingerprint density at radius 1 is 1.21 bits per heavy atom. The summed E-state index contributed by atoms with van der Waals surface area (Å²) < 4.78 is 44.9. The van der Waals surface area contributed by atoms with Gasteiger partial charge in [0, 0.05) is 23.2 Å². The minimum absolute atomic E-state index is 0.0494. The van der Waals surface area contributed by atoms with E-state index in [4.69, 9.17) is 4.42 Å². The molecule has 2 nitrogen and oxygen atoms in total. The number of hydrogen-bond donors (Lipinski definition) is 0. The van der Waals surface area contributed by atoms with Crippen molar-refractivity contribution in [2.45, 2.75) is 39.3 Å². The lowest BCUT2D eigenvalue weighted by molar-refractivity contribution is -0.137. The van der Waals surface area contributed by atoms with Crippen molar-refractivity contribution >= 4 is 5.71 Å². The van der Waals surface area contributed by atoms with Crippen LogP contribution < -0.4 is 0 Å². The van der Waals surface area contributed by atoms with Crippen molar-refractivity contribution in [3.63, 3.8) is 0 Å². The third-order valence-electron chi connectivity index (χ3n) is 4.11. The van der Waals surface area contributed by atoms with Crippen LogP contribution in [0.2, 0.25) is 0 Å². The van der Waals surface area contributed by atoms with E-state index in [-0.39, 0.29) is 11.3 Å². The summed E-state index contributed by atoms with van der Waals surface area (Å²) in [6.07, 6.45) is -0.282. The van der Waals surface area contributed by atoms with Gasteiger partial charge in [-0.3, -0.25) is 4.99 Å². The first kappa shape index (κ1) is 16.6. The molecular weight excluding hydrogens is 315 g/mol. The van der Waals surface area contributed by atoms with Gasteiger partial charge < -0.3 is 4.42 Å². The van der Waals surface area contributed by atoms with E-state index in [0.717, 1.165) is 42.3 Å². The molecule has 0 bridgehead atoms. The molecule has 1 aromatic heterocycles. The molecule has 0 aliphatic carbocycles. The van der Waals surface area contributed by atoms with E-state index >= 15 is 0 Å². The number of hydrogen-bond acceptors (Lipinski definition) is 2. The van der Waals surface area contributed by atoms with Crippen molar-refractivity contribution < 1.29 is 17.6 Å². The fourth-order valence-electron chi connectivity index (χ4n) is 2.90. The molecule has 5 heteroatoms. The molecule has 0 fully saturated rings. The molecule has 0 saturated heterocycles. The van der Waals surface area contributed by atoms with Gasteiger partial charge in [0.1, 0.15) is 12.0 Å². The molecule has 3 rings (SSSR count). The van der Waals surface area contributed by atoms with Crippen LogP contribution in [-0.4, -0.2) is 5.71 Å². The summed E-state index contributed by atoms with van der Waals surface area (Å²) in [6, 6.07) is 7.08. The van der Waals surface area contributed by atoms with E-state index in [1.807, 2.05) is 6.92 Å². The first-order valence-electron chi connectivity index (χ1n) is 7.92. The number of rotatable bonds is 4. The molecule has 0 amide bonds.